The molecule has 1 aromatic carbocycles. The molecule has 12 heavy (non-hydrogen) atoms. The number of thiophene rings is 1. The van der Waals surface area contributed by atoms with E-state index < -0.39 is 0 Å². The number of fused-ring (bicyclic) bond motifs is 1. The molecule has 0 bridgehead atoms. The normalized spacial score (nSPS) is 10.3. The molecule has 0 unspecified atom stereocenters. The summed E-state index contributed by atoms with van der Waals surface area (Å²) in [5, 5.41) is 4.54. The van der Waals surface area contributed by atoms with Crippen molar-refractivity contribution >= 4 is 28.4 Å². The van der Waals surface area contributed by atoms with Crippen molar-refractivity contribution in [3.8, 4) is 0 Å². The van der Waals surface area contributed by atoms with Gasteiger partial charge in [0.1, 0.15) is 6.29 Å². The van der Waals surface area contributed by atoms with E-state index in [1.54, 1.807) is 11.3 Å². The van der Waals surface area contributed by atoms with Crippen LogP contribution < -0.4 is 0 Å². The van der Waals surface area contributed by atoms with Gasteiger partial charge in [0.2, 0.25) is 0 Å². The van der Waals surface area contributed by atoms with E-state index in [0.717, 1.165) is 6.29 Å². The number of aldehydes is 1. The largest absolute Gasteiger partial charge is 0.303 e. The van der Waals surface area contributed by atoms with Crippen molar-refractivity contribution in [2.75, 3.05) is 0 Å². The van der Waals surface area contributed by atoms with Crippen LogP contribution in [-0.2, 0) is 11.2 Å². The van der Waals surface area contributed by atoms with Crippen LogP contribution in [0.4, 0.5) is 0 Å². The fourth-order valence-corrected chi connectivity index (χ4v) is 2.24. The second-order valence-corrected chi connectivity index (χ2v) is 3.58. The summed E-state index contributed by atoms with van der Waals surface area (Å²) in [6, 6.07) is 8.15. The highest BCUT2D eigenvalue weighted by molar-refractivity contribution is 7.11. The Bertz CT molecular complexity index is 403. The molecule has 0 amide bonds. The van der Waals surface area contributed by atoms with E-state index in [2.05, 4.69) is 17.5 Å². The summed E-state index contributed by atoms with van der Waals surface area (Å²) in [7, 11) is 0. The Kier molecular flexibility index (Phi) is 1.92. The Hall–Kier alpha value is -1.15. The smallest absolute Gasteiger partial charge is 0.125 e. The first kappa shape index (κ1) is 7.50. The molecule has 60 valence electrons. The van der Waals surface area contributed by atoms with Crippen molar-refractivity contribution in [3.05, 3.63) is 34.5 Å². The van der Waals surface area contributed by atoms with Gasteiger partial charge in [-0.15, -0.1) is 11.3 Å². The maximum absolute atomic E-state index is 10.3. The van der Waals surface area contributed by atoms with Crippen molar-refractivity contribution < 1.29 is 4.79 Å². The standard InChI is InChI=1S/C10H8OS/c11-6-5-10-9-4-2-1-3-8(9)7-12-10/h1-4,6-7H,5H2. The molecule has 0 radical (unpaired) electrons. The summed E-state index contributed by atoms with van der Waals surface area (Å²) in [6.07, 6.45) is 1.50. The number of benzene rings is 1. The number of carbonyl (C=O) groups excluding carboxylic acids is 1. The summed E-state index contributed by atoms with van der Waals surface area (Å²) in [4.78, 5) is 11.5. The first-order valence-corrected chi connectivity index (χ1v) is 4.68. The number of hydrogen-bond acceptors (Lipinski definition) is 2. The van der Waals surface area contributed by atoms with Crippen molar-refractivity contribution in [2.24, 2.45) is 0 Å². The molecule has 0 saturated carbocycles. The van der Waals surface area contributed by atoms with Crippen molar-refractivity contribution in [1.29, 1.82) is 0 Å². The van der Waals surface area contributed by atoms with E-state index >= 15 is 0 Å². The van der Waals surface area contributed by atoms with Crippen LogP contribution in [0.15, 0.2) is 29.6 Å². The maximum atomic E-state index is 10.3. The lowest BCUT2D eigenvalue weighted by Gasteiger charge is -1.90. The molecule has 0 fully saturated rings. The zero-order chi connectivity index (χ0) is 8.39. The highest BCUT2D eigenvalue weighted by Crippen LogP contribution is 2.25. The minimum Gasteiger partial charge on any atom is -0.303 e. The van der Waals surface area contributed by atoms with Crippen LogP contribution >= 0.6 is 11.3 Å². The van der Waals surface area contributed by atoms with E-state index in [4.69, 9.17) is 0 Å². The molecule has 1 heterocycles. The Morgan fingerprint density at radius 1 is 1.33 bits per heavy atom. The lowest BCUT2D eigenvalue weighted by molar-refractivity contribution is -0.107. The molecule has 1 aromatic heterocycles. The van der Waals surface area contributed by atoms with Crippen LogP contribution in [0.2, 0.25) is 0 Å². The average molecular weight is 176 g/mol. The predicted molar refractivity (Wildman–Crippen MR) is 51.6 cm³/mol. The second kappa shape index (κ2) is 3.07. The molecule has 0 N–H and O–H groups in total. The van der Waals surface area contributed by atoms with E-state index in [9.17, 15) is 4.79 Å². The molecular formula is C10H8OS. The van der Waals surface area contributed by atoms with Gasteiger partial charge in [-0.1, -0.05) is 24.3 Å². The monoisotopic (exact) mass is 176 g/mol. The van der Waals surface area contributed by atoms with Gasteiger partial charge in [-0.2, -0.15) is 0 Å². The Morgan fingerprint density at radius 3 is 3.00 bits per heavy atom. The minimum atomic E-state index is 0.540. The number of hydrogen-bond donors (Lipinski definition) is 0. The van der Waals surface area contributed by atoms with Crippen molar-refractivity contribution in [1.82, 2.24) is 0 Å². The summed E-state index contributed by atoms with van der Waals surface area (Å²) >= 11 is 1.66. The SMILES string of the molecule is O=CCc1scc2ccccc12. The summed E-state index contributed by atoms with van der Waals surface area (Å²) < 4.78 is 0. The van der Waals surface area contributed by atoms with Gasteiger partial charge >= 0.3 is 0 Å². The first-order valence-electron chi connectivity index (χ1n) is 3.80. The molecule has 0 aliphatic carbocycles. The average Bonchev–Trinajstić information content (AvgIpc) is 2.50. The summed E-state index contributed by atoms with van der Waals surface area (Å²) in [5.74, 6) is 0. The fraction of sp³-hybridized carbons (Fsp3) is 0.100. The van der Waals surface area contributed by atoms with Crippen LogP contribution in [0, 0.1) is 0 Å². The molecule has 0 spiro atoms. The first-order chi connectivity index (χ1) is 5.92. The topological polar surface area (TPSA) is 17.1 Å². The molecular weight excluding hydrogens is 168 g/mol. The van der Waals surface area contributed by atoms with Crippen LogP contribution in [0.3, 0.4) is 0 Å². The van der Waals surface area contributed by atoms with Gasteiger partial charge in [-0.05, 0) is 16.2 Å². The van der Waals surface area contributed by atoms with E-state index in [1.165, 1.54) is 15.6 Å². The van der Waals surface area contributed by atoms with Crippen LogP contribution in [0.25, 0.3) is 10.8 Å². The quantitative estimate of drug-likeness (QED) is 0.643. The Labute approximate surface area is 74.6 Å². The van der Waals surface area contributed by atoms with E-state index in [0.29, 0.717) is 6.42 Å². The summed E-state index contributed by atoms with van der Waals surface area (Å²) in [6.45, 7) is 0. The molecule has 2 heteroatoms. The van der Waals surface area contributed by atoms with Gasteiger partial charge < -0.3 is 4.79 Å². The summed E-state index contributed by atoms with van der Waals surface area (Å²) in [5.41, 5.74) is 0. The van der Waals surface area contributed by atoms with Crippen LogP contribution in [-0.4, -0.2) is 6.29 Å². The van der Waals surface area contributed by atoms with Crippen LogP contribution in [0.5, 0.6) is 0 Å². The van der Waals surface area contributed by atoms with Crippen molar-refractivity contribution in [3.63, 3.8) is 0 Å². The van der Waals surface area contributed by atoms with Crippen molar-refractivity contribution in [2.45, 2.75) is 6.42 Å². The maximum Gasteiger partial charge on any atom is 0.125 e. The lowest BCUT2D eigenvalue weighted by Crippen LogP contribution is -1.79. The van der Waals surface area contributed by atoms with Gasteiger partial charge in [0, 0.05) is 11.3 Å². The molecule has 0 aliphatic rings. The van der Waals surface area contributed by atoms with E-state index in [1.807, 2.05) is 12.1 Å². The van der Waals surface area contributed by atoms with Gasteiger partial charge in [0.05, 0.1) is 0 Å². The highest BCUT2D eigenvalue weighted by atomic mass is 32.1. The highest BCUT2D eigenvalue weighted by Gasteiger charge is 2.00. The molecule has 0 atom stereocenters. The Morgan fingerprint density at radius 2 is 2.17 bits per heavy atom. The number of rotatable bonds is 2. The molecule has 0 aliphatic heterocycles. The van der Waals surface area contributed by atoms with E-state index in [-0.39, 0.29) is 0 Å². The third-order valence-electron chi connectivity index (χ3n) is 1.86. The zero-order valence-corrected chi connectivity index (χ0v) is 7.30. The van der Waals surface area contributed by atoms with Crippen LogP contribution in [0.1, 0.15) is 4.88 Å². The minimum absolute atomic E-state index is 0.540. The Balaban J connectivity index is 2.62. The second-order valence-electron chi connectivity index (χ2n) is 2.62. The fourth-order valence-electron chi connectivity index (χ4n) is 1.29. The zero-order valence-electron chi connectivity index (χ0n) is 6.49. The molecule has 2 aromatic rings. The predicted octanol–water partition coefficient (Wildman–Crippen LogP) is 2.64. The van der Waals surface area contributed by atoms with Gasteiger partial charge in [0.15, 0.2) is 0 Å². The molecule has 1 nitrogen and oxygen atoms in total. The molecule has 0 saturated heterocycles. The third kappa shape index (κ3) is 1.14. The van der Waals surface area contributed by atoms with Gasteiger partial charge in [0.25, 0.3) is 0 Å². The third-order valence-corrected chi connectivity index (χ3v) is 2.90. The lowest BCUT2D eigenvalue weighted by atomic mass is 10.2. The number of carbonyl (C=O) groups is 1. The van der Waals surface area contributed by atoms with Gasteiger partial charge in [-0.3, -0.25) is 0 Å². The van der Waals surface area contributed by atoms with Gasteiger partial charge in [-0.25, -0.2) is 0 Å². The molecule has 2 rings (SSSR count).